The second-order valence-electron chi connectivity index (χ2n) is 7.79. The van der Waals surface area contributed by atoms with Gasteiger partial charge in [0.2, 0.25) is 5.91 Å². The van der Waals surface area contributed by atoms with E-state index in [2.05, 4.69) is 17.0 Å². The van der Waals surface area contributed by atoms with Crippen LogP contribution in [-0.4, -0.2) is 43.6 Å². The number of carbonyl (C=O) groups is 1. The zero-order chi connectivity index (χ0) is 18.0. The summed E-state index contributed by atoms with van der Waals surface area (Å²) in [6.45, 7) is 10.5. The molecule has 0 spiro atoms. The summed E-state index contributed by atoms with van der Waals surface area (Å²) < 4.78 is 1.92. The fourth-order valence-corrected chi connectivity index (χ4v) is 3.38. The van der Waals surface area contributed by atoms with E-state index < -0.39 is 0 Å². The molecule has 25 heavy (non-hydrogen) atoms. The van der Waals surface area contributed by atoms with E-state index in [0.29, 0.717) is 5.92 Å². The second-order valence-corrected chi connectivity index (χ2v) is 7.79. The number of amides is 1. The molecule has 1 aliphatic rings. The Hall–Kier alpha value is -2.24. The van der Waals surface area contributed by atoms with E-state index in [0.717, 1.165) is 49.6 Å². The molecule has 0 radical (unpaired) electrons. The zero-order valence-corrected chi connectivity index (χ0v) is 15.6. The largest absolute Gasteiger partial charge is 0.342 e. The number of rotatable bonds is 4. The van der Waals surface area contributed by atoms with Crippen LogP contribution in [-0.2, 0) is 17.8 Å². The second kappa shape index (κ2) is 6.94. The van der Waals surface area contributed by atoms with E-state index in [4.69, 9.17) is 4.98 Å². The van der Waals surface area contributed by atoms with Gasteiger partial charge in [-0.3, -0.25) is 14.5 Å². The zero-order valence-electron chi connectivity index (χ0n) is 15.6. The first-order chi connectivity index (χ1) is 11.9. The molecule has 0 bridgehead atoms. The summed E-state index contributed by atoms with van der Waals surface area (Å²) in [6, 6.07) is 1.97. The standard InChI is InChI=1S/C19H27N5O/c1-5-24-17(6-8-21-24)16-12-20-11-15(22-16)10-14-7-9-23(13-14)18(25)19(2,3)4/h6,8,11-12,14H,5,7,9-10,13H2,1-4H3. The number of carbonyl (C=O) groups excluding carboxylic acids is 1. The van der Waals surface area contributed by atoms with Gasteiger partial charge >= 0.3 is 0 Å². The molecule has 1 saturated heterocycles. The molecule has 1 unspecified atom stereocenters. The van der Waals surface area contributed by atoms with Crippen LogP contribution in [0, 0.1) is 11.3 Å². The Morgan fingerprint density at radius 3 is 2.84 bits per heavy atom. The van der Waals surface area contributed by atoms with Gasteiger partial charge in [0.1, 0.15) is 5.69 Å². The van der Waals surface area contributed by atoms with Crippen LogP contribution < -0.4 is 0 Å². The van der Waals surface area contributed by atoms with Crippen molar-refractivity contribution in [2.75, 3.05) is 13.1 Å². The molecule has 3 rings (SSSR count). The Morgan fingerprint density at radius 1 is 1.32 bits per heavy atom. The van der Waals surface area contributed by atoms with Crippen LogP contribution in [0.15, 0.2) is 24.7 Å². The highest BCUT2D eigenvalue weighted by Gasteiger charge is 2.32. The lowest BCUT2D eigenvalue weighted by Crippen LogP contribution is -2.38. The third-order valence-corrected chi connectivity index (χ3v) is 4.68. The molecule has 6 heteroatoms. The van der Waals surface area contributed by atoms with Crippen molar-refractivity contribution >= 4 is 5.91 Å². The van der Waals surface area contributed by atoms with Gasteiger partial charge in [0.15, 0.2) is 0 Å². The molecule has 1 amide bonds. The first-order valence-corrected chi connectivity index (χ1v) is 9.01. The van der Waals surface area contributed by atoms with E-state index in [1.807, 2.05) is 42.6 Å². The van der Waals surface area contributed by atoms with Crippen molar-refractivity contribution in [3.63, 3.8) is 0 Å². The molecule has 0 aromatic carbocycles. The minimum Gasteiger partial charge on any atom is -0.342 e. The molecule has 6 nitrogen and oxygen atoms in total. The fraction of sp³-hybridized carbons (Fsp3) is 0.579. The lowest BCUT2D eigenvalue weighted by Gasteiger charge is -2.25. The van der Waals surface area contributed by atoms with Gasteiger partial charge in [0, 0.05) is 37.4 Å². The van der Waals surface area contributed by atoms with E-state index >= 15 is 0 Å². The molecule has 1 atom stereocenters. The molecule has 134 valence electrons. The summed E-state index contributed by atoms with van der Waals surface area (Å²) in [5.74, 6) is 0.689. The van der Waals surface area contributed by atoms with Gasteiger partial charge in [-0.1, -0.05) is 20.8 Å². The van der Waals surface area contributed by atoms with Crippen LogP contribution in [0.5, 0.6) is 0 Å². The lowest BCUT2D eigenvalue weighted by molar-refractivity contribution is -0.138. The summed E-state index contributed by atoms with van der Waals surface area (Å²) in [5, 5.41) is 4.30. The summed E-state index contributed by atoms with van der Waals surface area (Å²) in [5.41, 5.74) is 2.52. The average molecular weight is 341 g/mol. The van der Waals surface area contributed by atoms with Crippen molar-refractivity contribution in [3.8, 4) is 11.4 Å². The van der Waals surface area contributed by atoms with Crippen molar-refractivity contribution in [2.45, 2.75) is 47.1 Å². The van der Waals surface area contributed by atoms with Crippen molar-refractivity contribution < 1.29 is 4.79 Å². The Balaban J connectivity index is 1.69. The molecule has 2 aromatic rings. The predicted molar refractivity (Wildman–Crippen MR) is 96.8 cm³/mol. The highest BCUT2D eigenvalue weighted by molar-refractivity contribution is 5.81. The van der Waals surface area contributed by atoms with Crippen LogP contribution in [0.4, 0.5) is 0 Å². The van der Waals surface area contributed by atoms with E-state index in [1.54, 1.807) is 12.4 Å². The molecule has 3 heterocycles. The predicted octanol–water partition coefficient (Wildman–Crippen LogP) is 2.80. The Kier molecular flexibility index (Phi) is 4.88. The topological polar surface area (TPSA) is 63.9 Å². The number of aromatic nitrogens is 4. The van der Waals surface area contributed by atoms with E-state index in [1.165, 1.54) is 0 Å². The molecule has 1 fully saturated rings. The first kappa shape index (κ1) is 17.6. The SMILES string of the molecule is CCn1nccc1-c1cncc(CC2CCN(C(=O)C(C)(C)C)C2)n1. The number of likely N-dealkylation sites (tertiary alicyclic amines) is 1. The van der Waals surface area contributed by atoms with Crippen molar-refractivity contribution in [1.82, 2.24) is 24.6 Å². The van der Waals surface area contributed by atoms with Crippen LogP contribution in [0.3, 0.4) is 0 Å². The molecular formula is C19H27N5O. The normalized spacial score (nSPS) is 17.9. The third kappa shape index (κ3) is 3.89. The maximum Gasteiger partial charge on any atom is 0.227 e. The van der Waals surface area contributed by atoms with Gasteiger partial charge < -0.3 is 4.90 Å². The van der Waals surface area contributed by atoms with E-state index in [9.17, 15) is 4.79 Å². The van der Waals surface area contributed by atoms with Gasteiger partial charge in [-0.15, -0.1) is 0 Å². The van der Waals surface area contributed by atoms with Crippen LogP contribution >= 0.6 is 0 Å². The monoisotopic (exact) mass is 341 g/mol. The quantitative estimate of drug-likeness (QED) is 0.858. The van der Waals surface area contributed by atoms with Crippen LogP contribution in [0.2, 0.25) is 0 Å². The highest BCUT2D eigenvalue weighted by Crippen LogP contribution is 2.26. The maximum atomic E-state index is 12.4. The fourth-order valence-electron chi connectivity index (χ4n) is 3.38. The minimum absolute atomic E-state index is 0.238. The Bertz CT molecular complexity index is 746. The van der Waals surface area contributed by atoms with Crippen LogP contribution in [0.25, 0.3) is 11.4 Å². The number of hydrogen-bond donors (Lipinski definition) is 0. The van der Waals surface area contributed by atoms with Gasteiger partial charge in [-0.05, 0) is 31.7 Å². The maximum absolute atomic E-state index is 12.4. The number of hydrogen-bond acceptors (Lipinski definition) is 4. The highest BCUT2D eigenvalue weighted by atomic mass is 16.2. The lowest BCUT2D eigenvalue weighted by atomic mass is 9.95. The van der Waals surface area contributed by atoms with Crippen LogP contribution in [0.1, 0.15) is 39.8 Å². The van der Waals surface area contributed by atoms with E-state index in [-0.39, 0.29) is 11.3 Å². The number of nitrogens with zero attached hydrogens (tertiary/aromatic N) is 5. The van der Waals surface area contributed by atoms with Crippen molar-refractivity contribution in [1.29, 1.82) is 0 Å². The van der Waals surface area contributed by atoms with Gasteiger partial charge in [-0.25, -0.2) is 4.98 Å². The molecular weight excluding hydrogens is 314 g/mol. The molecule has 0 saturated carbocycles. The smallest absolute Gasteiger partial charge is 0.227 e. The number of aryl methyl sites for hydroxylation is 1. The molecule has 1 aliphatic heterocycles. The Morgan fingerprint density at radius 2 is 2.12 bits per heavy atom. The molecule has 0 aliphatic carbocycles. The minimum atomic E-state index is -0.312. The van der Waals surface area contributed by atoms with Crippen molar-refractivity contribution in [3.05, 3.63) is 30.4 Å². The molecule has 0 N–H and O–H groups in total. The van der Waals surface area contributed by atoms with Gasteiger partial charge in [0.25, 0.3) is 0 Å². The van der Waals surface area contributed by atoms with Crippen molar-refractivity contribution in [2.24, 2.45) is 11.3 Å². The summed E-state index contributed by atoms with van der Waals surface area (Å²) >= 11 is 0. The Labute approximate surface area is 149 Å². The first-order valence-electron chi connectivity index (χ1n) is 9.01. The third-order valence-electron chi connectivity index (χ3n) is 4.68. The van der Waals surface area contributed by atoms with Gasteiger partial charge in [-0.2, -0.15) is 5.10 Å². The van der Waals surface area contributed by atoms with Gasteiger partial charge in [0.05, 0.1) is 17.6 Å². The summed E-state index contributed by atoms with van der Waals surface area (Å²) in [7, 11) is 0. The summed E-state index contributed by atoms with van der Waals surface area (Å²) in [6.07, 6.45) is 7.30. The molecule has 2 aromatic heterocycles. The average Bonchev–Trinajstić information content (AvgIpc) is 3.22. The summed E-state index contributed by atoms with van der Waals surface area (Å²) in [4.78, 5) is 23.6.